The van der Waals surface area contributed by atoms with E-state index in [0.29, 0.717) is 17.5 Å². The molecule has 294 valence electrons. The zero-order valence-corrected chi connectivity index (χ0v) is 36.5. The Balaban J connectivity index is 1.30. The SMILES string of the molecule is C=C1CC2c3cc(C)ccc3-c3cc(C)c(C)c[n+]3C2CCc2ccc3c(oc4nc(-c5c(C(C)C)cccc5C(C)C)ccc43)c2-c2cc(C)c(C(C)(C)C)c[n+]21. The van der Waals surface area contributed by atoms with Crippen LogP contribution >= 0.6 is 0 Å². The third-order valence-electron chi connectivity index (χ3n) is 13.4. The van der Waals surface area contributed by atoms with Gasteiger partial charge in [0.05, 0.1) is 17.2 Å². The summed E-state index contributed by atoms with van der Waals surface area (Å²) in [6.07, 6.45) is 7.55. The standard InChI is InChI=1S/C54H59N3O/c1-30(2)38-14-13-15-39(31(3)4)51(38)46-22-21-42-41-20-17-37-18-23-47-44(43-24-32(5)16-19-40(43)48-25-33(6)35(8)28-57(47)48)27-36(9)56-29-45(54(10,11)12)34(7)26-49(56)50(37)52(41)58-53(42)55-46/h13-17,19-22,24-26,28-31,44,47H,9,18,23,27H2,1-8,10-12H3/q+2. The van der Waals surface area contributed by atoms with Gasteiger partial charge in [-0.1, -0.05) is 96.5 Å². The molecular weight excluding hydrogens is 707 g/mol. The predicted molar refractivity (Wildman–Crippen MR) is 241 cm³/mol. The van der Waals surface area contributed by atoms with Gasteiger partial charge in [0.2, 0.25) is 17.1 Å². The van der Waals surface area contributed by atoms with E-state index in [0.717, 1.165) is 58.3 Å². The molecule has 7 aromatic rings. The number of allylic oxidation sites excluding steroid dienone is 1. The van der Waals surface area contributed by atoms with Crippen LogP contribution in [-0.2, 0) is 11.8 Å². The lowest BCUT2D eigenvalue weighted by Crippen LogP contribution is -2.49. The number of furan rings is 1. The number of hydrogen-bond acceptors (Lipinski definition) is 2. The van der Waals surface area contributed by atoms with Crippen LogP contribution in [0.5, 0.6) is 0 Å². The van der Waals surface area contributed by atoms with Gasteiger partial charge in [-0.05, 0) is 110 Å². The van der Waals surface area contributed by atoms with E-state index in [9.17, 15) is 0 Å². The van der Waals surface area contributed by atoms with Gasteiger partial charge in [-0.25, -0.2) is 4.98 Å². The minimum Gasteiger partial charge on any atom is -0.437 e. The third kappa shape index (κ3) is 6.14. The normalized spacial score (nSPS) is 16.7. The van der Waals surface area contributed by atoms with E-state index in [1.807, 2.05) is 0 Å². The average Bonchev–Trinajstić information content (AvgIpc) is 3.54. The van der Waals surface area contributed by atoms with Crippen LogP contribution in [0.15, 0.2) is 96.2 Å². The Kier molecular flexibility index (Phi) is 9.15. The topological polar surface area (TPSA) is 33.8 Å². The van der Waals surface area contributed by atoms with E-state index in [4.69, 9.17) is 16.0 Å². The fourth-order valence-electron chi connectivity index (χ4n) is 10.3. The Morgan fingerprint density at radius 2 is 1.47 bits per heavy atom. The summed E-state index contributed by atoms with van der Waals surface area (Å²) >= 11 is 0. The van der Waals surface area contributed by atoms with Gasteiger partial charge in [-0.2, -0.15) is 9.13 Å². The fourth-order valence-corrected chi connectivity index (χ4v) is 10.3. The first-order valence-corrected chi connectivity index (χ1v) is 21.5. The van der Waals surface area contributed by atoms with Gasteiger partial charge in [-0.3, -0.25) is 0 Å². The molecule has 6 heterocycles. The van der Waals surface area contributed by atoms with Crippen molar-refractivity contribution in [1.82, 2.24) is 4.98 Å². The van der Waals surface area contributed by atoms with Crippen molar-refractivity contribution >= 4 is 27.8 Å². The molecule has 0 bridgehead atoms. The minimum absolute atomic E-state index is 0.0430. The lowest BCUT2D eigenvalue weighted by molar-refractivity contribution is -0.719. The maximum Gasteiger partial charge on any atom is 0.227 e. The number of aryl methyl sites for hydroxylation is 5. The molecule has 4 aromatic heterocycles. The summed E-state index contributed by atoms with van der Waals surface area (Å²) in [5, 5.41) is 2.15. The second-order valence-electron chi connectivity index (χ2n) is 19.1. The molecule has 3 aromatic carbocycles. The van der Waals surface area contributed by atoms with Crippen LogP contribution in [-0.4, -0.2) is 4.98 Å². The second-order valence-corrected chi connectivity index (χ2v) is 19.1. The number of rotatable bonds is 3. The van der Waals surface area contributed by atoms with Gasteiger partial charge in [0.25, 0.3) is 0 Å². The van der Waals surface area contributed by atoms with E-state index < -0.39 is 0 Å². The first-order chi connectivity index (χ1) is 27.6. The quantitative estimate of drug-likeness (QED) is 0.168. The number of benzene rings is 3. The van der Waals surface area contributed by atoms with Crippen LogP contribution < -0.4 is 9.13 Å². The summed E-state index contributed by atoms with van der Waals surface area (Å²) in [5.41, 5.74) is 21.8. The van der Waals surface area contributed by atoms with Gasteiger partial charge in [0.1, 0.15) is 0 Å². The van der Waals surface area contributed by atoms with Crippen LogP contribution in [0.4, 0.5) is 0 Å². The van der Waals surface area contributed by atoms with Crippen LogP contribution in [0.3, 0.4) is 0 Å². The highest BCUT2D eigenvalue weighted by Crippen LogP contribution is 2.47. The van der Waals surface area contributed by atoms with E-state index in [1.54, 1.807) is 0 Å². The van der Waals surface area contributed by atoms with E-state index >= 15 is 0 Å². The van der Waals surface area contributed by atoms with Crippen molar-refractivity contribution in [3.8, 4) is 33.8 Å². The van der Waals surface area contributed by atoms with Crippen molar-refractivity contribution in [3.05, 3.63) is 142 Å². The number of hydrogen-bond donors (Lipinski definition) is 0. The molecule has 58 heavy (non-hydrogen) atoms. The van der Waals surface area contributed by atoms with Crippen molar-refractivity contribution in [3.63, 3.8) is 0 Å². The largest absolute Gasteiger partial charge is 0.437 e. The van der Waals surface area contributed by atoms with Crippen molar-refractivity contribution < 1.29 is 13.6 Å². The van der Waals surface area contributed by atoms with Gasteiger partial charge in [0, 0.05) is 58.0 Å². The van der Waals surface area contributed by atoms with Crippen molar-refractivity contribution in [1.29, 1.82) is 0 Å². The zero-order valence-electron chi connectivity index (χ0n) is 36.5. The molecule has 0 saturated heterocycles. The molecule has 0 amide bonds. The Morgan fingerprint density at radius 3 is 2.17 bits per heavy atom. The van der Waals surface area contributed by atoms with Crippen LogP contribution in [0.25, 0.3) is 61.5 Å². The summed E-state index contributed by atoms with van der Waals surface area (Å²) in [7, 11) is 0. The molecule has 9 rings (SSSR count). The number of aromatic nitrogens is 3. The Hall–Kier alpha value is -5.35. The maximum absolute atomic E-state index is 7.10. The number of pyridine rings is 3. The molecule has 4 heteroatoms. The summed E-state index contributed by atoms with van der Waals surface area (Å²) < 4.78 is 12.1. The molecule has 2 aliphatic heterocycles. The molecule has 0 saturated carbocycles. The minimum atomic E-state index is -0.0430. The van der Waals surface area contributed by atoms with Gasteiger partial charge < -0.3 is 4.42 Å². The number of nitrogens with zero attached hydrogens (tertiary/aromatic N) is 3. The molecule has 0 aliphatic carbocycles. The zero-order chi connectivity index (χ0) is 40.9. The maximum atomic E-state index is 7.10. The first kappa shape index (κ1) is 38.2. The van der Waals surface area contributed by atoms with Crippen LogP contribution in [0.2, 0.25) is 0 Å². The molecule has 0 fully saturated rings. The van der Waals surface area contributed by atoms with Crippen LogP contribution in [0, 0.1) is 27.7 Å². The lowest BCUT2D eigenvalue weighted by Gasteiger charge is -2.32. The molecule has 2 aliphatic rings. The fraction of sp³-hybridized carbons (Fsp3) is 0.352. The number of fused-ring (bicyclic) bond motifs is 13. The summed E-state index contributed by atoms with van der Waals surface area (Å²) in [6.45, 7) is 30.0. The predicted octanol–water partition coefficient (Wildman–Crippen LogP) is 13.5. The summed E-state index contributed by atoms with van der Waals surface area (Å²) in [4.78, 5) is 5.36. The molecule has 2 unspecified atom stereocenters. The van der Waals surface area contributed by atoms with Crippen LogP contribution in [0.1, 0.15) is 135 Å². The Labute approximate surface area is 345 Å². The van der Waals surface area contributed by atoms with E-state index in [1.165, 1.54) is 66.9 Å². The molecule has 4 nitrogen and oxygen atoms in total. The molecule has 0 N–H and O–H groups in total. The van der Waals surface area contributed by atoms with Gasteiger partial charge in [-0.15, -0.1) is 0 Å². The van der Waals surface area contributed by atoms with E-state index in [-0.39, 0.29) is 17.4 Å². The molecular formula is C54H59N3O+2. The molecule has 0 radical (unpaired) electrons. The van der Waals surface area contributed by atoms with Gasteiger partial charge in [0.15, 0.2) is 29.7 Å². The lowest BCUT2D eigenvalue weighted by atomic mass is 9.76. The van der Waals surface area contributed by atoms with E-state index in [2.05, 4.69) is 170 Å². The monoisotopic (exact) mass is 765 g/mol. The average molecular weight is 766 g/mol. The van der Waals surface area contributed by atoms with Gasteiger partial charge >= 0.3 is 0 Å². The second kappa shape index (κ2) is 13.9. The highest BCUT2D eigenvalue weighted by molar-refractivity contribution is 6.09. The Bertz CT molecular complexity index is 2800. The first-order valence-electron chi connectivity index (χ1n) is 21.5. The summed E-state index contributed by atoms with van der Waals surface area (Å²) in [5.74, 6) is 1.01. The molecule has 0 spiro atoms. The van der Waals surface area contributed by atoms with Crippen molar-refractivity contribution in [2.75, 3.05) is 0 Å². The van der Waals surface area contributed by atoms with Crippen molar-refractivity contribution in [2.45, 2.75) is 125 Å². The third-order valence-corrected chi connectivity index (χ3v) is 13.4. The highest BCUT2D eigenvalue weighted by atomic mass is 16.3. The van der Waals surface area contributed by atoms with Crippen molar-refractivity contribution in [2.24, 2.45) is 0 Å². The smallest absolute Gasteiger partial charge is 0.227 e. The summed E-state index contributed by atoms with van der Waals surface area (Å²) in [6, 6.07) is 28.0. The highest BCUT2D eigenvalue weighted by Gasteiger charge is 2.43. The Morgan fingerprint density at radius 1 is 0.759 bits per heavy atom. The molecule has 2 atom stereocenters.